The Kier molecular flexibility index (Phi) is 4.79. The maximum Gasteiger partial charge on any atom is 0.573 e. The first-order valence-electron chi connectivity index (χ1n) is 6.32. The Labute approximate surface area is 134 Å². The van der Waals surface area contributed by atoms with E-state index in [4.69, 9.17) is 11.6 Å². The smallest absolute Gasteiger partial charge is 0.464 e. The number of halogens is 4. The fraction of sp³-hybridized carbons (Fsp3) is 0.200. The third-order valence-corrected chi connectivity index (χ3v) is 3.06. The highest BCUT2D eigenvalue weighted by atomic mass is 35.5. The molecule has 23 heavy (non-hydrogen) atoms. The summed E-state index contributed by atoms with van der Waals surface area (Å²) in [4.78, 5) is 15.6. The van der Waals surface area contributed by atoms with Gasteiger partial charge >= 0.3 is 12.3 Å². The number of carbonyl (C=O) groups excluding carboxylic acids is 1. The molecule has 122 valence electrons. The minimum atomic E-state index is -4.85. The lowest BCUT2D eigenvalue weighted by molar-refractivity contribution is -0.274. The van der Waals surface area contributed by atoms with Gasteiger partial charge in [0.1, 0.15) is 11.4 Å². The molecule has 0 atom stereocenters. The van der Waals surface area contributed by atoms with E-state index in [-0.39, 0.29) is 16.3 Å². The Morgan fingerprint density at radius 1 is 1.22 bits per heavy atom. The van der Waals surface area contributed by atoms with E-state index < -0.39 is 18.1 Å². The fourth-order valence-corrected chi connectivity index (χ4v) is 2.15. The van der Waals surface area contributed by atoms with Gasteiger partial charge in [-0.15, -0.1) is 13.2 Å². The van der Waals surface area contributed by atoms with Crippen molar-refractivity contribution < 1.29 is 27.4 Å². The summed E-state index contributed by atoms with van der Waals surface area (Å²) < 4.78 is 46.2. The molecule has 0 bridgehead atoms. The van der Waals surface area contributed by atoms with Gasteiger partial charge in [0.2, 0.25) is 0 Å². The molecule has 2 aromatic rings. The van der Waals surface area contributed by atoms with Crippen molar-refractivity contribution in [3.63, 3.8) is 0 Å². The standard InChI is InChI=1S/C15H11ClF3NO3/c1-8-5-9(6-12(20-8)14(21)22-2)11-7-10(16)3-4-13(11)23-15(17,18)19/h3-7H,1-2H3. The van der Waals surface area contributed by atoms with Crippen LogP contribution in [0.1, 0.15) is 16.2 Å². The number of pyridine rings is 1. The molecule has 0 spiro atoms. The highest BCUT2D eigenvalue weighted by Gasteiger charge is 2.32. The van der Waals surface area contributed by atoms with Gasteiger partial charge in [-0.1, -0.05) is 11.6 Å². The molecule has 0 aliphatic rings. The maximum absolute atomic E-state index is 12.5. The molecule has 4 nitrogen and oxygen atoms in total. The second-order valence-electron chi connectivity index (χ2n) is 4.56. The van der Waals surface area contributed by atoms with Gasteiger partial charge in [0, 0.05) is 16.3 Å². The summed E-state index contributed by atoms with van der Waals surface area (Å²) in [7, 11) is 1.18. The molecule has 1 aromatic heterocycles. The number of aryl methyl sites for hydroxylation is 1. The first-order valence-corrected chi connectivity index (χ1v) is 6.70. The summed E-state index contributed by atoms with van der Waals surface area (Å²) in [5.74, 6) is -1.13. The number of hydrogen-bond donors (Lipinski definition) is 0. The quantitative estimate of drug-likeness (QED) is 0.774. The van der Waals surface area contributed by atoms with Gasteiger partial charge < -0.3 is 9.47 Å². The minimum absolute atomic E-state index is 0.0274. The van der Waals surface area contributed by atoms with E-state index in [0.717, 1.165) is 6.07 Å². The van der Waals surface area contributed by atoms with E-state index in [0.29, 0.717) is 11.3 Å². The Hall–Kier alpha value is -2.28. The molecule has 0 aliphatic carbocycles. The van der Waals surface area contributed by atoms with E-state index >= 15 is 0 Å². The van der Waals surface area contributed by atoms with E-state index in [1.165, 1.54) is 31.4 Å². The van der Waals surface area contributed by atoms with Crippen LogP contribution in [0.4, 0.5) is 13.2 Å². The van der Waals surface area contributed by atoms with Gasteiger partial charge in [-0.05, 0) is 42.8 Å². The molecule has 0 fully saturated rings. The summed E-state index contributed by atoms with van der Waals surface area (Å²) in [6.45, 7) is 1.60. The lowest BCUT2D eigenvalue weighted by atomic mass is 10.0. The summed E-state index contributed by atoms with van der Waals surface area (Å²) in [5, 5.41) is 0.226. The Morgan fingerprint density at radius 2 is 1.91 bits per heavy atom. The summed E-state index contributed by atoms with van der Waals surface area (Å²) in [5.41, 5.74) is 0.798. The predicted molar refractivity (Wildman–Crippen MR) is 77.4 cm³/mol. The number of ether oxygens (including phenoxy) is 2. The third-order valence-electron chi connectivity index (χ3n) is 2.83. The van der Waals surface area contributed by atoms with Gasteiger partial charge in [0.15, 0.2) is 0 Å². The monoisotopic (exact) mass is 345 g/mol. The third kappa shape index (κ3) is 4.35. The molecule has 1 heterocycles. The van der Waals surface area contributed by atoms with Gasteiger partial charge in [-0.3, -0.25) is 0 Å². The van der Waals surface area contributed by atoms with Crippen LogP contribution in [0.2, 0.25) is 5.02 Å². The maximum atomic E-state index is 12.5. The molecule has 0 radical (unpaired) electrons. The number of rotatable bonds is 3. The van der Waals surface area contributed by atoms with Crippen molar-refractivity contribution in [1.82, 2.24) is 4.98 Å². The molecular formula is C15H11ClF3NO3. The summed E-state index contributed by atoms with van der Waals surface area (Å²) >= 11 is 5.86. The zero-order valence-corrected chi connectivity index (χ0v) is 12.8. The molecule has 2 rings (SSSR count). The first-order chi connectivity index (χ1) is 10.7. The number of esters is 1. The summed E-state index contributed by atoms with van der Waals surface area (Å²) in [6.07, 6.45) is -4.85. The van der Waals surface area contributed by atoms with E-state index in [9.17, 15) is 18.0 Å². The Bertz CT molecular complexity index is 747. The zero-order valence-electron chi connectivity index (χ0n) is 12.1. The Balaban J connectivity index is 2.59. The number of aromatic nitrogens is 1. The van der Waals surface area contributed by atoms with Crippen LogP contribution in [0.3, 0.4) is 0 Å². The molecule has 0 saturated carbocycles. The predicted octanol–water partition coefficient (Wildman–Crippen LogP) is 4.40. The zero-order chi connectivity index (χ0) is 17.2. The molecule has 0 aliphatic heterocycles. The van der Waals surface area contributed by atoms with Crippen molar-refractivity contribution in [2.45, 2.75) is 13.3 Å². The van der Waals surface area contributed by atoms with Crippen LogP contribution in [-0.4, -0.2) is 24.4 Å². The van der Waals surface area contributed by atoms with Gasteiger partial charge in [-0.25, -0.2) is 9.78 Å². The van der Waals surface area contributed by atoms with Gasteiger partial charge in [0.05, 0.1) is 7.11 Å². The van der Waals surface area contributed by atoms with Crippen LogP contribution in [0.5, 0.6) is 5.75 Å². The molecule has 8 heteroatoms. The van der Waals surface area contributed by atoms with E-state index in [1.54, 1.807) is 6.92 Å². The number of nitrogens with zero attached hydrogens (tertiary/aromatic N) is 1. The van der Waals surface area contributed by atoms with Crippen molar-refractivity contribution in [2.24, 2.45) is 0 Å². The molecule has 0 amide bonds. The van der Waals surface area contributed by atoms with Crippen molar-refractivity contribution in [3.8, 4) is 16.9 Å². The van der Waals surface area contributed by atoms with Crippen molar-refractivity contribution >= 4 is 17.6 Å². The van der Waals surface area contributed by atoms with Crippen molar-refractivity contribution in [1.29, 1.82) is 0 Å². The topological polar surface area (TPSA) is 48.4 Å². The number of methoxy groups -OCH3 is 1. The second-order valence-corrected chi connectivity index (χ2v) is 5.00. The van der Waals surface area contributed by atoms with Crippen LogP contribution >= 0.6 is 11.6 Å². The normalized spacial score (nSPS) is 11.2. The molecule has 1 aromatic carbocycles. The highest BCUT2D eigenvalue weighted by Crippen LogP contribution is 2.36. The average molecular weight is 346 g/mol. The number of hydrogen-bond acceptors (Lipinski definition) is 4. The van der Waals surface area contributed by atoms with Crippen LogP contribution in [0.25, 0.3) is 11.1 Å². The Morgan fingerprint density at radius 3 is 2.52 bits per heavy atom. The SMILES string of the molecule is COC(=O)c1cc(-c2cc(Cl)ccc2OC(F)(F)F)cc(C)n1. The molecule has 0 saturated heterocycles. The van der Waals surface area contributed by atoms with Crippen LogP contribution in [-0.2, 0) is 4.74 Å². The average Bonchev–Trinajstić information content (AvgIpc) is 2.46. The second kappa shape index (κ2) is 6.45. The highest BCUT2D eigenvalue weighted by molar-refractivity contribution is 6.31. The number of carbonyl (C=O) groups is 1. The molecule has 0 unspecified atom stereocenters. The number of alkyl halides is 3. The summed E-state index contributed by atoms with van der Waals surface area (Å²) in [6, 6.07) is 6.54. The lowest BCUT2D eigenvalue weighted by Gasteiger charge is -2.14. The molecule has 0 N–H and O–H groups in total. The number of benzene rings is 1. The molecular weight excluding hydrogens is 335 g/mol. The van der Waals surface area contributed by atoms with Gasteiger partial charge in [-0.2, -0.15) is 0 Å². The largest absolute Gasteiger partial charge is 0.573 e. The van der Waals surface area contributed by atoms with E-state index in [2.05, 4.69) is 14.5 Å². The van der Waals surface area contributed by atoms with Crippen LogP contribution in [0.15, 0.2) is 30.3 Å². The van der Waals surface area contributed by atoms with Crippen molar-refractivity contribution in [2.75, 3.05) is 7.11 Å². The lowest BCUT2D eigenvalue weighted by Crippen LogP contribution is -2.17. The van der Waals surface area contributed by atoms with E-state index in [1.807, 2.05) is 0 Å². The van der Waals surface area contributed by atoms with Gasteiger partial charge in [0.25, 0.3) is 0 Å². The first kappa shape index (κ1) is 17.1. The minimum Gasteiger partial charge on any atom is -0.464 e. The van der Waals surface area contributed by atoms with Crippen molar-refractivity contribution in [3.05, 3.63) is 46.7 Å². The fourth-order valence-electron chi connectivity index (χ4n) is 1.97. The van der Waals surface area contributed by atoms with Crippen LogP contribution in [0, 0.1) is 6.92 Å². The van der Waals surface area contributed by atoms with Crippen LogP contribution < -0.4 is 4.74 Å².